The van der Waals surface area contributed by atoms with Gasteiger partial charge in [-0.25, -0.2) is 15.0 Å². The van der Waals surface area contributed by atoms with Crippen molar-refractivity contribution in [3.63, 3.8) is 0 Å². The predicted octanol–water partition coefficient (Wildman–Crippen LogP) is 7.20. The van der Waals surface area contributed by atoms with E-state index in [-0.39, 0.29) is 12.0 Å². The Kier molecular flexibility index (Phi) is 6.15. The molecule has 0 spiro atoms. The second-order valence-corrected chi connectivity index (χ2v) is 12.0. The van der Waals surface area contributed by atoms with Crippen molar-refractivity contribution in [2.75, 3.05) is 0 Å². The van der Waals surface area contributed by atoms with E-state index in [4.69, 9.17) is 24.7 Å². The fraction of sp³-hybridized carbons (Fsp3) is 0.150. The van der Waals surface area contributed by atoms with Gasteiger partial charge in [-0.1, -0.05) is 97.1 Å². The van der Waals surface area contributed by atoms with Gasteiger partial charge in [-0.15, -0.1) is 0 Å². The van der Waals surface area contributed by atoms with Crippen LogP contribution in [0, 0.1) is 0 Å². The summed E-state index contributed by atoms with van der Waals surface area (Å²) in [5, 5.41) is 2.43. The van der Waals surface area contributed by atoms with E-state index in [1.54, 1.807) is 0 Å². The Morgan fingerprint density at radius 1 is 0.711 bits per heavy atom. The second-order valence-electron chi connectivity index (χ2n) is 12.0. The van der Waals surface area contributed by atoms with Gasteiger partial charge in [-0.2, -0.15) is 0 Å². The van der Waals surface area contributed by atoms with Crippen molar-refractivity contribution in [1.29, 1.82) is 0 Å². The van der Waals surface area contributed by atoms with Crippen LogP contribution in [-0.4, -0.2) is 26.0 Å². The molecule has 9 rings (SSSR count). The van der Waals surface area contributed by atoms with Crippen LogP contribution in [-0.2, 0) is 4.74 Å². The number of rotatable bonds is 4. The van der Waals surface area contributed by atoms with Gasteiger partial charge in [-0.05, 0) is 47.4 Å². The SMILES string of the molecule is C1=CCC2OC3=c4c(cccc4=C(c4cnc5ccc(-c6cc(C7C=CC=CC7)nc(-c7ccccc7)n6)cc5n4)CC3)C2=C1. The Morgan fingerprint density at radius 2 is 1.64 bits per heavy atom. The van der Waals surface area contributed by atoms with Crippen LogP contribution in [0.5, 0.6) is 0 Å². The Morgan fingerprint density at radius 3 is 2.56 bits per heavy atom. The molecule has 2 unspecified atom stereocenters. The van der Waals surface area contributed by atoms with Crippen LogP contribution >= 0.6 is 0 Å². The lowest BCUT2D eigenvalue weighted by Gasteiger charge is -2.32. The molecule has 1 aliphatic heterocycles. The number of benzene rings is 3. The molecule has 0 saturated carbocycles. The standard InChI is InChI=1S/C40H30N4O/c1-3-10-25(11-4-1)33-23-34(44-40(43-33)26-12-5-2-6-13-26)27-18-20-32-35(22-27)42-36(24-41-32)28-19-21-38-39-30(28)15-9-16-31(39)29-14-7-8-17-37(29)45-38/h1-10,12-16,18,20,22-25,37H,11,17,19,21H2. The van der Waals surface area contributed by atoms with Crippen LogP contribution in [0.2, 0.25) is 0 Å². The molecule has 5 aromatic rings. The van der Waals surface area contributed by atoms with Gasteiger partial charge < -0.3 is 4.74 Å². The van der Waals surface area contributed by atoms with Gasteiger partial charge in [0.05, 0.1) is 34.3 Å². The maximum Gasteiger partial charge on any atom is 0.160 e. The van der Waals surface area contributed by atoms with E-state index >= 15 is 0 Å². The van der Waals surface area contributed by atoms with E-state index in [9.17, 15) is 0 Å². The normalized spacial score (nSPS) is 19.6. The van der Waals surface area contributed by atoms with Crippen molar-refractivity contribution in [3.05, 3.63) is 149 Å². The first-order valence-corrected chi connectivity index (χ1v) is 15.7. The molecule has 216 valence electrons. The van der Waals surface area contributed by atoms with Gasteiger partial charge in [0.1, 0.15) is 11.9 Å². The number of ether oxygens (including phenoxy) is 1. The van der Waals surface area contributed by atoms with Crippen molar-refractivity contribution in [3.8, 4) is 22.6 Å². The van der Waals surface area contributed by atoms with Crippen molar-refractivity contribution >= 4 is 27.9 Å². The molecule has 2 atom stereocenters. The van der Waals surface area contributed by atoms with E-state index in [2.05, 4.69) is 91.1 Å². The summed E-state index contributed by atoms with van der Waals surface area (Å²) >= 11 is 0. The molecule has 0 bridgehead atoms. The number of allylic oxidation sites excluding steroid dienone is 6. The molecule has 0 N–H and O–H groups in total. The number of nitrogens with zero attached hydrogens (tertiary/aromatic N) is 4. The quantitative estimate of drug-likeness (QED) is 0.224. The van der Waals surface area contributed by atoms with Crippen LogP contribution < -0.4 is 10.4 Å². The van der Waals surface area contributed by atoms with Crippen molar-refractivity contribution in [1.82, 2.24) is 19.9 Å². The molecule has 3 heterocycles. The van der Waals surface area contributed by atoms with Crippen LogP contribution in [0.3, 0.4) is 0 Å². The molecule has 5 nitrogen and oxygen atoms in total. The van der Waals surface area contributed by atoms with Crippen LogP contribution in [0.1, 0.15) is 48.6 Å². The molecule has 0 fully saturated rings. The van der Waals surface area contributed by atoms with E-state index in [0.29, 0.717) is 0 Å². The monoisotopic (exact) mass is 582 g/mol. The summed E-state index contributed by atoms with van der Waals surface area (Å²) in [5.74, 6) is 2.06. The minimum atomic E-state index is 0.114. The highest BCUT2D eigenvalue weighted by Gasteiger charge is 2.29. The number of fused-ring (bicyclic) bond motifs is 3. The summed E-state index contributed by atoms with van der Waals surface area (Å²) in [6, 6.07) is 25.2. The van der Waals surface area contributed by atoms with E-state index in [1.165, 1.54) is 27.1 Å². The topological polar surface area (TPSA) is 60.8 Å². The average Bonchev–Trinajstić information content (AvgIpc) is 3.12. The zero-order valence-electron chi connectivity index (χ0n) is 24.7. The molecule has 3 aliphatic carbocycles. The molecule has 5 heteroatoms. The van der Waals surface area contributed by atoms with Crippen molar-refractivity contribution in [2.24, 2.45) is 0 Å². The maximum atomic E-state index is 6.54. The lowest BCUT2D eigenvalue weighted by atomic mass is 9.85. The van der Waals surface area contributed by atoms with E-state index in [1.807, 2.05) is 30.5 Å². The largest absolute Gasteiger partial charge is 0.489 e. The van der Waals surface area contributed by atoms with E-state index < -0.39 is 0 Å². The summed E-state index contributed by atoms with van der Waals surface area (Å²) in [6.07, 6.45) is 20.8. The third-order valence-corrected chi connectivity index (χ3v) is 9.26. The first kappa shape index (κ1) is 26.0. The second kappa shape index (κ2) is 10.6. The summed E-state index contributed by atoms with van der Waals surface area (Å²) in [6.45, 7) is 0. The third-order valence-electron chi connectivity index (χ3n) is 9.26. The fourth-order valence-corrected chi connectivity index (χ4v) is 7.02. The van der Waals surface area contributed by atoms with Crippen LogP contribution in [0.15, 0.2) is 122 Å². The number of hydrogen-bond acceptors (Lipinski definition) is 5. The van der Waals surface area contributed by atoms with Gasteiger partial charge >= 0.3 is 0 Å². The molecule has 0 saturated heterocycles. The molecule has 2 aromatic heterocycles. The van der Waals surface area contributed by atoms with Gasteiger partial charge in [0.2, 0.25) is 0 Å². The first-order chi connectivity index (χ1) is 22.3. The highest BCUT2D eigenvalue weighted by atomic mass is 16.5. The molecule has 0 radical (unpaired) electrons. The number of hydrogen-bond donors (Lipinski definition) is 0. The average molecular weight is 583 g/mol. The molecular formula is C40H30N4O. The smallest absolute Gasteiger partial charge is 0.160 e. The zero-order chi connectivity index (χ0) is 29.7. The zero-order valence-corrected chi connectivity index (χ0v) is 24.7. The van der Waals surface area contributed by atoms with Gasteiger partial charge in [0.25, 0.3) is 0 Å². The summed E-state index contributed by atoms with van der Waals surface area (Å²) in [5.41, 5.74) is 10.3. The first-order valence-electron chi connectivity index (χ1n) is 15.7. The molecule has 0 amide bonds. The van der Waals surface area contributed by atoms with Gasteiger partial charge in [-0.3, -0.25) is 4.98 Å². The Bertz CT molecular complexity index is 2260. The van der Waals surface area contributed by atoms with E-state index in [0.717, 1.165) is 76.5 Å². The lowest BCUT2D eigenvalue weighted by Crippen LogP contribution is -2.41. The van der Waals surface area contributed by atoms with Crippen molar-refractivity contribution < 1.29 is 4.74 Å². The summed E-state index contributed by atoms with van der Waals surface area (Å²) in [4.78, 5) is 20.2. The van der Waals surface area contributed by atoms with Gasteiger partial charge in [0.15, 0.2) is 5.82 Å². The summed E-state index contributed by atoms with van der Waals surface area (Å²) < 4.78 is 6.54. The van der Waals surface area contributed by atoms with Crippen molar-refractivity contribution in [2.45, 2.75) is 37.7 Å². The third kappa shape index (κ3) is 4.54. The Labute approximate surface area is 261 Å². The fourth-order valence-electron chi connectivity index (χ4n) is 7.02. The minimum Gasteiger partial charge on any atom is -0.489 e. The molecule has 45 heavy (non-hydrogen) atoms. The van der Waals surface area contributed by atoms with Crippen LogP contribution in [0.25, 0.3) is 50.6 Å². The Hall–Kier alpha value is -5.42. The highest BCUT2D eigenvalue weighted by molar-refractivity contribution is 5.83. The minimum absolute atomic E-state index is 0.114. The van der Waals surface area contributed by atoms with Gasteiger partial charge in [0, 0.05) is 40.7 Å². The molecular weight excluding hydrogens is 552 g/mol. The van der Waals surface area contributed by atoms with Crippen LogP contribution in [0.4, 0.5) is 0 Å². The highest BCUT2D eigenvalue weighted by Crippen LogP contribution is 2.34. The maximum absolute atomic E-state index is 6.54. The number of aromatic nitrogens is 4. The molecule has 4 aliphatic rings. The lowest BCUT2D eigenvalue weighted by molar-refractivity contribution is 0.203. The predicted molar refractivity (Wildman–Crippen MR) is 179 cm³/mol. The summed E-state index contributed by atoms with van der Waals surface area (Å²) in [7, 11) is 0. The molecule has 3 aromatic carbocycles. The Balaban J connectivity index is 1.17.